The second-order valence-electron chi connectivity index (χ2n) is 7.08. The van der Waals surface area contributed by atoms with E-state index < -0.39 is 0 Å². The third-order valence-corrected chi connectivity index (χ3v) is 5.49. The van der Waals surface area contributed by atoms with Crippen LogP contribution in [0.1, 0.15) is 77.0 Å². The Morgan fingerprint density at radius 3 is 1.33 bits per heavy atom. The zero-order valence-corrected chi connectivity index (χ0v) is 14.1. The Balaban J connectivity index is 2.06. The molecule has 0 atom stereocenters. The molecule has 0 spiro atoms. The lowest BCUT2D eigenvalue weighted by atomic mass is 9.78. The highest BCUT2D eigenvalue weighted by Gasteiger charge is 2.42. The van der Waals surface area contributed by atoms with E-state index in [0.29, 0.717) is 0 Å². The van der Waals surface area contributed by atoms with Crippen molar-refractivity contribution in [2.45, 2.75) is 88.3 Å². The minimum Gasteiger partial charge on any atom is -0.385 e. The lowest BCUT2D eigenvalue weighted by molar-refractivity contribution is -0.197. The van der Waals surface area contributed by atoms with Crippen LogP contribution in [0.3, 0.4) is 0 Å². The molecule has 0 unspecified atom stereocenters. The Morgan fingerprint density at radius 2 is 1.00 bits per heavy atom. The Morgan fingerprint density at radius 1 is 0.619 bits per heavy atom. The third kappa shape index (κ3) is 4.94. The summed E-state index contributed by atoms with van der Waals surface area (Å²) in [7, 11) is 3.61. The zero-order chi connectivity index (χ0) is 15.0. The quantitative estimate of drug-likeness (QED) is 0.661. The van der Waals surface area contributed by atoms with Crippen molar-refractivity contribution in [2.24, 2.45) is 0 Å². The number of hydrogen-bond acceptors (Lipinski definition) is 3. The van der Waals surface area contributed by atoms with Crippen molar-refractivity contribution < 1.29 is 14.2 Å². The van der Waals surface area contributed by atoms with Crippen LogP contribution in [0.15, 0.2) is 0 Å². The van der Waals surface area contributed by atoms with Crippen LogP contribution in [0, 0.1) is 0 Å². The van der Waals surface area contributed by atoms with Gasteiger partial charge in [0, 0.05) is 27.4 Å². The molecule has 2 aliphatic rings. The predicted molar refractivity (Wildman–Crippen MR) is 85.7 cm³/mol. The fraction of sp³-hybridized carbons (Fsp3) is 1.00. The Kier molecular flexibility index (Phi) is 6.97. The smallest absolute Gasteiger partial charge is 0.0712 e. The fourth-order valence-electron chi connectivity index (χ4n) is 4.23. The van der Waals surface area contributed by atoms with Gasteiger partial charge in [-0.2, -0.15) is 0 Å². The van der Waals surface area contributed by atoms with Gasteiger partial charge < -0.3 is 14.2 Å². The maximum absolute atomic E-state index is 6.95. The van der Waals surface area contributed by atoms with Crippen LogP contribution in [-0.4, -0.2) is 38.6 Å². The maximum atomic E-state index is 6.95. The SMILES string of the molecule is COCCC1(OC2(CCOC)CCCCC2)CCCCC1. The number of rotatable bonds is 8. The Hall–Kier alpha value is -0.120. The predicted octanol–water partition coefficient (Wildman–Crippen LogP) is 4.48. The molecule has 0 saturated heterocycles. The molecule has 2 aliphatic carbocycles. The normalized spacial score (nSPS) is 24.9. The molecule has 0 radical (unpaired) electrons. The van der Waals surface area contributed by atoms with E-state index in [1.54, 1.807) is 14.2 Å². The van der Waals surface area contributed by atoms with Gasteiger partial charge in [0.2, 0.25) is 0 Å². The maximum Gasteiger partial charge on any atom is 0.0712 e. The molecule has 2 fully saturated rings. The van der Waals surface area contributed by atoms with Crippen molar-refractivity contribution in [3.05, 3.63) is 0 Å². The van der Waals surface area contributed by atoms with Gasteiger partial charge in [-0.15, -0.1) is 0 Å². The van der Waals surface area contributed by atoms with E-state index in [4.69, 9.17) is 14.2 Å². The minimum absolute atomic E-state index is 0.0688. The molecule has 0 amide bonds. The van der Waals surface area contributed by atoms with Crippen LogP contribution in [0.25, 0.3) is 0 Å². The first-order valence-corrected chi connectivity index (χ1v) is 8.92. The highest BCUT2D eigenvalue weighted by Crippen LogP contribution is 2.44. The molecule has 21 heavy (non-hydrogen) atoms. The topological polar surface area (TPSA) is 27.7 Å². The standard InChI is InChI=1S/C18H34O3/c1-19-15-13-17(9-5-3-6-10-17)21-18(14-16-20-2)11-7-4-8-12-18/h3-16H2,1-2H3. The van der Waals surface area contributed by atoms with Crippen LogP contribution < -0.4 is 0 Å². The Bertz CT molecular complexity index is 250. The van der Waals surface area contributed by atoms with Gasteiger partial charge in [-0.1, -0.05) is 38.5 Å². The summed E-state index contributed by atoms with van der Waals surface area (Å²) in [4.78, 5) is 0. The lowest BCUT2D eigenvalue weighted by Gasteiger charge is -2.48. The Labute approximate surface area is 130 Å². The molecule has 2 saturated carbocycles. The first-order chi connectivity index (χ1) is 10.2. The van der Waals surface area contributed by atoms with Gasteiger partial charge in [-0.05, 0) is 38.5 Å². The molecule has 0 aromatic heterocycles. The average molecular weight is 298 g/mol. The van der Waals surface area contributed by atoms with Crippen LogP contribution in [0.5, 0.6) is 0 Å². The van der Waals surface area contributed by atoms with E-state index in [0.717, 1.165) is 26.1 Å². The molecule has 0 heterocycles. The summed E-state index contributed by atoms with van der Waals surface area (Å²) in [6.07, 6.45) is 14.9. The van der Waals surface area contributed by atoms with Crippen molar-refractivity contribution in [2.75, 3.05) is 27.4 Å². The molecule has 0 bridgehead atoms. The first kappa shape index (κ1) is 17.2. The molecule has 2 rings (SSSR count). The largest absolute Gasteiger partial charge is 0.385 e. The van der Waals surface area contributed by atoms with E-state index in [2.05, 4.69) is 0 Å². The second kappa shape index (κ2) is 8.50. The van der Waals surface area contributed by atoms with E-state index in [-0.39, 0.29) is 11.2 Å². The van der Waals surface area contributed by atoms with Gasteiger partial charge in [0.1, 0.15) is 0 Å². The summed E-state index contributed by atoms with van der Waals surface area (Å²) in [5.74, 6) is 0. The minimum atomic E-state index is 0.0688. The monoisotopic (exact) mass is 298 g/mol. The van der Waals surface area contributed by atoms with Gasteiger partial charge in [-0.3, -0.25) is 0 Å². The van der Waals surface area contributed by atoms with Crippen molar-refractivity contribution in [1.29, 1.82) is 0 Å². The number of ether oxygens (including phenoxy) is 3. The second-order valence-corrected chi connectivity index (χ2v) is 7.08. The third-order valence-electron chi connectivity index (χ3n) is 5.49. The molecule has 0 aliphatic heterocycles. The summed E-state index contributed by atoms with van der Waals surface area (Å²) < 4.78 is 17.7. The molecular weight excluding hydrogens is 264 g/mol. The highest BCUT2D eigenvalue weighted by molar-refractivity contribution is 4.92. The molecule has 3 nitrogen and oxygen atoms in total. The van der Waals surface area contributed by atoms with Crippen molar-refractivity contribution in [1.82, 2.24) is 0 Å². The molecule has 124 valence electrons. The van der Waals surface area contributed by atoms with Gasteiger partial charge in [0.05, 0.1) is 11.2 Å². The molecule has 0 N–H and O–H groups in total. The number of hydrogen-bond donors (Lipinski definition) is 0. The van der Waals surface area contributed by atoms with Gasteiger partial charge >= 0.3 is 0 Å². The lowest BCUT2D eigenvalue weighted by Crippen LogP contribution is -2.48. The van der Waals surface area contributed by atoms with E-state index in [1.807, 2.05) is 0 Å². The van der Waals surface area contributed by atoms with E-state index in [1.165, 1.54) is 64.2 Å². The van der Waals surface area contributed by atoms with Gasteiger partial charge in [-0.25, -0.2) is 0 Å². The summed E-state index contributed by atoms with van der Waals surface area (Å²) in [6, 6.07) is 0. The van der Waals surface area contributed by atoms with Crippen LogP contribution >= 0.6 is 0 Å². The zero-order valence-electron chi connectivity index (χ0n) is 14.1. The molecule has 0 aromatic carbocycles. The van der Waals surface area contributed by atoms with Crippen LogP contribution in [-0.2, 0) is 14.2 Å². The van der Waals surface area contributed by atoms with Crippen molar-refractivity contribution >= 4 is 0 Å². The number of methoxy groups -OCH3 is 2. The van der Waals surface area contributed by atoms with Crippen LogP contribution in [0.2, 0.25) is 0 Å². The van der Waals surface area contributed by atoms with Crippen LogP contribution in [0.4, 0.5) is 0 Å². The van der Waals surface area contributed by atoms with E-state index in [9.17, 15) is 0 Å². The fourth-order valence-corrected chi connectivity index (χ4v) is 4.23. The summed E-state index contributed by atoms with van der Waals surface area (Å²) in [5.41, 5.74) is 0.138. The average Bonchev–Trinajstić information content (AvgIpc) is 2.53. The summed E-state index contributed by atoms with van der Waals surface area (Å²) in [5, 5.41) is 0. The van der Waals surface area contributed by atoms with Gasteiger partial charge in [0.25, 0.3) is 0 Å². The summed E-state index contributed by atoms with van der Waals surface area (Å²) >= 11 is 0. The molecule has 0 aromatic rings. The van der Waals surface area contributed by atoms with Gasteiger partial charge in [0.15, 0.2) is 0 Å². The van der Waals surface area contributed by atoms with Crippen molar-refractivity contribution in [3.63, 3.8) is 0 Å². The van der Waals surface area contributed by atoms with Crippen molar-refractivity contribution in [3.8, 4) is 0 Å². The van der Waals surface area contributed by atoms with E-state index >= 15 is 0 Å². The molecular formula is C18H34O3. The first-order valence-electron chi connectivity index (χ1n) is 8.92. The molecule has 3 heteroatoms. The highest BCUT2D eigenvalue weighted by atomic mass is 16.5. The summed E-state index contributed by atoms with van der Waals surface area (Å²) in [6.45, 7) is 1.64.